The molecule has 8 heteroatoms. The number of nitriles is 1. The summed E-state index contributed by atoms with van der Waals surface area (Å²) in [7, 11) is 0. The van der Waals surface area contributed by atoms with Gasteiger partial charge in [0.15, 0.2) is 0 Å². The van der Waals surface area contributed by atoms with E-state index in [0.717, 1.165) is 72.0 Å². The minimum Gasteiger partial charge on any atom is -0.458 e. The van der Waals surface area contributed by atoms with Gasteiger partial charge in [-0.15, -0.1) is 0 Å². The highest BCUT2D eigenvalue weighted by Crippen LogP contribution is 2.41. The second-order valence-corrected chi connectivity index (χ2v) is 21.2. The highest BCUT2D eigenvalue weighted by molar-refractivity contribution is 6.99. The zero-order chi connectivity index (χ0) is 66.5. The number of nitrogens with zero attached hydrogens (tertiary/aromatic N) is 6. The van der Waals surface area contributed by atoms with E-state index in [2.05, 4.69) is 155 Å². The predicted octanol–water partition coefficient (Wildman–Crippen LogP) is 16.8. The van der Waals surface area contributed by atoms with Crippen molar-refractivity contribution in [3.05, 3.63) is 321 Å². The van der Waals surface area contributed by atoms with Gasteiger partial charge in [0.1, 0.15) is 17.3 Å². The molecule has 0 amide bonds. The molecule has 1 aliphatic rings. The predicted molar refractivity (Wildman–Crippen MR) is 355 cm³/mol. The van der Waals surface area contributed by atoms with Crippen molar-refractivity contribution in [2.75, 3.05) is 4.90 Å². The van der Waals surface area contributed by atoms with Crippen LogP contribution in [-0.4, -0.2) is 20.8 Å². The molecule has 3 aromatic heterocycles. The summed E-state index contributed by atoms with van der Waals surface area (Å²) in [6.07, 6.45) is 5.30. The maximum Gasteiger partial charge on any atom is 0.269 e. The number of ether oxygens (including phenoxy) is 1. The molecule has 0 spiro atoms. The SMILES string of the molecule is [2H]c1c([2H])c([2H])c(-c2cccc(-c3c([2H])c([2H])c([2H])c([2H])c3[2H])c2-[n+]2[c-]n(-c3cccc(Oc4ccc5c6cc(C#N)ccc6n(-c6cc(N7c8ccccc8B(c8c(-c9ccccc9)cccc8-c8ccccc8)c8ccccc87)ccn6)c5c4)c3)c3ccccc32)c([2H])c1[2H]. The van der Waals surface area contributed by atoms with E-state index in [9.17, 15) is 5.26 Å². The van der Waals surface area contributed by atoms with Crippen molar-refractivity contribution in [3.63, 3.8) is 0 Å². The summed E-state index contributed by atoms with van der Waals surface area (Å²) in [6, 6.07) is 77.3. The molecule has 16 rings (SSSR count). The van der Waals surface area contributed by atoms with Gasteiger partial charge in [-0.1, -0.05) is 230 Å². The standard InChI is InChI=1S/C79H51BN6O/c81-52-54-42-45-71-68(48-54)67-44-43-62(87-61-31-19-30-59(49-61)83-53-84(75-41-18-17-40-74(75)83)79-65(57-26-9-3-10-27-57)34-21-35-66(79)58-28-11-4-12-29-58)51-76(67)86(71)77-50-60(46-47-82-77)85-72-38-15-13-36-69(72)80(70-37-14-16-39-73(70)85)78-63(55-22-5-1-6-23-55)32-20-33-64(78)56-24-7-2-8-25-56/h1-51H/i3D,4D,9D,10D,11D,12D,26D,27D,28D,29D. The lowest BCUT2D eigenvalue weighted by Gasteiger charge is -2.38. The van der Waals surface area contributed by atoms with Gasteiger partial charge in [0, 0.05) is 40.5 Å². The number of anilines is 3. The number of pyridine rings is 1. The van der Waals surface area contributed by atoms with Crippen LogP contribution < -0.4 is 30.6 Å². The molecule has 0 saturated carbocycles. The van der Waals surface area contributed by atoms with E-state index in [-0.39, 0.29) is 34.7 Å². The molecule has 0 fully saturated rings. The van der Waals surface area contributed by atoms with Gasteiger partial charge < -0.3 is 9.64 Å². The first-order chi connectivity index (χ1) is 47.3. The van der Waals surface area contributed by atoms with Gasteiger partial charge in [0.2, 0.25) is 6.71 Å². The molecule has 4 heterocycles. The Balaban J connectivity index is 0.812. The van der Waals surface area contributed by atoms with Gasteiger partial charge in [-0.3, -0.25) is 13.7 Å². The highest BCUT2D eigenvalue weighted by Gasteiger charge is 2.38. The number of para-hydroxylation sites is 5. The van der Waals surface area contributed by atoms with Crippen molar-refractivity contribution in [1.29, 1.82) is 5.26 Å². The van der Waals surface area contributed by atoms with Gasteiger partial charge in [-0.05, 0) is 122 Å². The normalized spacial score (nSPS) is 13.5. The Labute approximate surface area is 518 Å². The molecule has 0 bridgehead atoms. The maximum atomic E-state index is 10.3. The van der Waals surface area contributed by atoms with Crippen molar-refractivity contribution in [1.82, 2.24) is 14.1 Å². The summed E-state index contributed by atoms with van der Waals surface area (Å²) >= 11 is 0. The van der Waals surface area contributed by atoms with Gasteiger partial charge in [-0.2, -0.15) is 5.26 Å². The maximum absolute atomic E-state index is 10.3. The first-order valence-electron chi connectivity index (χ1n) is 33.5. The number of imidazole rings is 1. The minimum atomic E-state index is -0.584. The Morgan fingerprint density at radius 3 is 1.74 bits per heavy atom. The monoisotopic (exact) mass is 1120 g/mol. The third-order valence-corrected chi connectivity index (χ3v) is 16.3. The largest absolute Gasteiger partial charge is 0.458 e. The van der Waals surface area contributed by atoms with E-state index >= 15 is 0 Å². The van der Waals surface area contributed by atoms with Gasteiger partial charge in [0.05, 0.1) is 64.5 Å². The fourth-order valence-electron chi connectivity index (χ4n) is 12.6. The zero-order valence-electron chi connectivity index (χ0n) is 56.3. The number of fused-ring (bicyclic) bond motifs is 6. The first-order valence-corrected chi connectivity index (χ1v) is 28.5. The second kappa shape index (κ2) is 21.4. The molecule has 15 aromatic rings. The molecular formula is C79H51BN6O. The van der Waals surface area contributed by atoms with Crippen LogP contribution in [0.5, 0.6) is 11.5 Å². The molecule has 0 radical (unpaired) electrons. The molecule has 0 N–H and O–H groups in total. The number of benzene rings is 12. The number of hydrogen-bond acceptors (Lipinski definition) is 4. The van der Waals surface area contributed by atoms with Crippen LogP contribution in [0, 0.1) is 17.7 Å². The lowest BCUT2D eigenvalue weighted by Crippen LogP contribution is -2.58. The summed E-state index contributed by atoms with van der Waals surface area (Å²) in [4.78, 5) is 7.44. The van der Waals surface area contributed by atoms with Crippen molar-refractivity contribution in [2.24, 2.45) is 0 Å². The van der Waals surface area contributed by atoms with Crippen molar-refractivity contribution < 1.29 is 23.0 Å². The van der Waals surface area contributed by atoms with E-state index in [1.54, 1.807) is 27.3 Å². The minimum absolute atomic E-state index is 0.135. The number of rotatable bonds is 11. The summed E-state index contributed by atoms with van der Waals surface area (Å²) in [6.45, 7) is -0.156. The Kier molecular flexibility index (Phi) is 10.2. The Hall–Kier alpha value is -11.8. The van der Waals surface area contributed by atoms with Crippen LogP contribution in [0.25, 0.3) is 94.5 Å². The molecule has 0 saturated heterocycles. The summed E-state index contributed by atoms with van der Waals surface area (Å²) < 4.78 is 100. The molecule has 87 heavy (non-hydrogen) atoms. The molecule has 0 aliphatic carbocycles. The van der Waals surface area contributed by atoms with Crippen LogP contribution in [0.1, 0.15) is 19.3 Å². The molecule has 12 aromatic carbocycles. The molecule has 0 atom stereocenters. The van der Waals surface area contributed by atoms with Crippen LogP contribution in [-0.2, 0) is 0 Å². The summed E-state index contributed by atoms with van der Waals surface area (Å²) in [5.41, 5.74) is 15.0. The molecule has 1 aliphatic heterocycles. The Bertz CT molecular complexity index is 5570. The fourth-order valence-corrected chi connectivity index (χ4v) is 12.6. The van der Waals surface area contributed by atoms with Crippen molar-refractivity contribution in [2.45, 2.75) is 0 Å². The fraction of sp³-hybridized carbons (Fsp3) is 0. The lowest BCUT2D eigenvalue weighted by molar-refractivity contribution is -0.571. The average Bonchev–Trinajstić information content (AvgIpc) is 1.41. The third-order valence-electron chi connectivity index (χ3n) is 16.3. The zero-order valence-corrected chi connectivity index (χ0v) is 46.3. The van der Waals surface area contributed by atoms with E-state index in [1.807, 2.05) is 97.2 Å². The topological polar surface area (TPSA) is 62.9 Å². The van der Waals surface area contributed by atoms with Gasteiger partial charge >= 0.3 is 0 Å². The van der Waals surface area contributed by atoms with Crippen molar-refractivity contribution in [3.8, 4) is 79.3 Å². The average molecular weight is 1120 g/mol. The first kappa shape index (κ1) is 41.2. The Morgan fingerprint density at radius 2 is 1.07 bits per heavy atom. The smallest absolute Gasteiger partial charge is 0.269 e. The lowest BCUT2D eigenvalue weighted by atomic mass is 9.33. The van der Waals surface area contributed by atoms with E-state index in [0.29, 0.717) is 39.6 Å². The van der Waals surface area contributed by atoms with E-state index < -0.39 is 60.4 Å². The van der Waals surface area contributed by atoms with Crippen LogP contribution in [0.15, 0.2) is 309 Å². The van der Waals surface area contributed by atoms with Gasteiger partial charge in [0.25, 0.3) is 6.33 Å². The van der Waals surface area contributed by atoms with Crippen LogP contribution in [0.2, 0.25) is 0 Å². The molecule has 7 nitrogen and oxygen atoms in total. The van der Waals surface area contributed by atoms with Crippen LogP contribution in [0.4, 0.5) is 17.1 Å². The van der Waals surface area contributed by atoms with Gasteiger partial charge in [-0.25, -0.2) is 4.98 Å². The van der Waals surface area contributed by atoms with E-state index in [1.165, 1.54) is 5.46 Å². The number of aromatic nitrogens is 4. The third kappa shape index (κ3) is 8.84. The quantitative estimate of drug-likeness (QED) is 0.0735. The summed E-state index contributed by atoms with van der Waals surface area (Å²) in [5, 5.41) is 12.0. The summed E-state index contributed by atoms with van der Waals surface area (Å²) in [5.74, 6) is 1.57. The van der Waals surface area contributed by atoms with Crippen LogP contribution in [0.3, 0.4) is 0 Å². The molecule has 0 unspecified atom stereocenters. The number of hydrogen-bond donors (Lipinski definition) is 0. The Morgan fingerprint density at radius 1 is 0.471 bits per heavy atom. The van der Waals surface area contributed by atoms with Crippen molar-refractivity contribution >= 4 is 73.0 Å². The highest BCUT2D eigenvalue weighted by atomic mass is 16.5. The second-order valence-electron chi connectivity index (χ2n) is 21.2. The molecular weight excluding hydrogens is 1060 g/mol. The van der Waals surface area contributed by atoms with E-state index in [4.69, 9.17) is 23.4 Å². The molecule has 406 valence electrons. The van der Waals surface area contributed by atoms with Crippen LogP contribution >= 0.6 is 0 Å².